The van der Waals surface area contributed by atoms with Crippen LogP contribution in [0.25, 0.3) is 10.9 Å². The molecule has 0 aliphatic rings. The first-order chi connectivity index (χ1) is 15.0. The molecule has 3 aromatic rings. The summed E-state index contributed by atoms with van der Waals surface area (Å²) in [7, 11) is 7.96. The molecule has 0 spiro atoms. The summed E-state index contributed by atoms with van der Waals surface area (Å²) in [5, 5.41) is 0.297. The van der Waals surface area contributed by atoms with Crippen LogP contribution in [-0.2, 0) is 11.3 Å². The van der Waals surface area contributed by atoms with E-state index in [1.54, 1.807) is 13.2 Å². The summed E-state index contributed by atoms with van der Waals surface area (Å²) in [6.45, 7) is 1.51. The van der Waals surface area contributed by atoms with E-state index in [0.29, 0.717) is 48.1 Å². The number of hydrogen-bond acceptors (Lipinski definition) is 8. The number of H-pyrrole nitrogens is 1. The Kier molecular flexibility index (Phi) is 7.19. The van der Waals surface area contributed by atoms with E-state index in [4.69, 9.17) is 23.7 Å². The molecular formula is C22H27N3O6. The second-order valence-corrected chi connectivity index (χ2v) is 6.77. The first kappa shape index (κ1) is 22.2. The van der Waals surface area contributed by atoms with Crippen LogP contribution in [0.2, 0.25) is 0 Å². The van der Waals surface area contributed by atoms with Gasteiger partial charge in [0.05, 0.1) is 33.5 Å². The summed E-state index contributed by atoms with van der Waals surface area (Å²) in [5.74, 6) is 2.22. The van der Waals surface area contributed by atoms with Crippen LogP contribution in [0.1, 0.15) is 5.56 Å². The highest BCUT2D eigenvalue weighted by Crippen LogP contribution is 2.41. The molecule has 1 aromatic heterocycles. The molecule has 0 unspecified atom stereocenters. The molecule has 31 heavy (non-hydrogen) atoms. The molecule has 2 aromatic carbocycles. The number of nitrogens with one attached hydrogen (secondary N) is 1. The van der Waals surface area contributed by atoms with Crippen molar-refractivity contribution >= 4 is 16.9 Å². The Hall–Kier alpha value is -3.46. The number of fused-ring (bicyclic) bond motifs is 1. The quantitative estimate of drug-likeness (QED) is 0.492. The van der Waals surface area contributed by atoms with E-state index in [2.05, 4.69) is 9.97 Å². The molecule has 0 fully saturated rings. The third-order valence-electron chi connectivity index (χ3n) is 4.72. The minimum absolute atomic E-state index is 0.278. The lowest BCUT2D eigenvalue weighted by Crippen LogP contribution is -2.23. The molecule has 0 aliphatic heterocycles. The standard InChI is InChI=1S/C22H27N3O6/c1-25(13-14-7-6-8-15(11-14)31-10-9-27-2)22-23-16-12-17(28-3)19(29-4)20(30-5)18(16)21(26)24-22/h6-8,11-12H,9-10,13H2,1-5H3,(H,23,24,26). The van der Waals surface area contributed by atoms with E-state index in [-0.39, 0.29) is 11.3 Å². The molecule has 0 amide bonds. The van der Waals surface area contributed by atoms with E-state index in [1.807, 2.05) is 36.2 Å². The first-order valence-electron chi connectivity index (χ1n) is 9.67. The van der Waals surface area contributed by atoms with Gasteiger partial charge in [-0.05, 0) is 17.7 Å². The van der Waals surface area contributed by atoms with Gasteiger partial charge in [0.1, 0.15) is 17.7 Å². The van der Waals surface area contributed by atoms with Crippen molar-refractivity contribution in [3.8, 4) is 23.0 Å². The molecule has 0 atom stereocenters. The van der Waals surface area contributed by atoms with Crippen molar-refractivity contribution in [3.05, 3.63) is 46.2 Å². The SMILES string of the molecule is COCCOc1cccc(CN(C)c2nc3cc(OC)c(OC)c(OC)c3c(=O)[nH]2)c1. The number of aromatic amines is 1. The summed E-state index contributed by atoms with van der Waals surface area (Å²) < 4.78 is 26.8. The van der Waals surface area contributed by atoms with Gasteiger partial charge < -0.3 is 28.6 Å². The lowest BCUT2D eigenvalue weighted by Gasteiger charge is -2.19. The topological polar surface area (TPSA) is 95.1 Å². The van der Waals surface area contributed by atoms with Gasteiger partial charge >= 0.3 is 0 Å². The Morgan fingerprint density at radius 2 is 1.77 bits per heavy atom. The minimum atomic E-state index is -0.332. The summed E-state index contributed by atoms with van der Waals surface area (Å²) in [5.41, 5.74) is 1.11. The minimum Gasteiger partial charge on any atom is -0.493 e. The molecule has 0 radical (unpaired) electrons. The second-order valence-electron chi connectivity index (χ2n) is 6.77. The zero-order chi connectivity index (χ0) is 22.4. The first-order valence-corrected chi connectivity index (χ1v) is 9.67. The fraction of sp³-hybridized carbons (Fsp3) is 0.364. The van der Waals surface area contributed by atoms with E-state index in [9.17, 15) is 4.79 Å². The van der Waals surface area contributed by atoms with Gasteiger partial charge in [-0.25, -0.2) is 4.98 Å². The van der Waals surface area contributed by atoms with Gasteiger partial charge in [-0.3, -0.25) is 9.78 Å². The summed E-state index contributed by atoms with van der Waals surface area (Å²) in [4.78, 5) is 22.2. The third kappa shape index (κ3) is 4.83. The van der Waals surface area contributed by atoms with Gasteiger partial charge in [-0.15, -0.1) is 0 Å². The van der Waals surface area contributed by atoms with Crippen molar-refractivity contribution in [1.29, 1.82) is 0 Å². The summed E-state index contributed by atoms with van der Waals surface area (Å²) in [6, 6.07) is 9.40. The number of anilines is 1. The van der Waals surface area contributed by atoms with Crippen molar-refractivity contribution in [1.82, 2.24) is 9.97 Å². The number of benzene rings is 2. The monoisotopic (exact) mass is 429 g/mol. The molecule has 0 bridgehead atoms. The fourth-order valence-corrected chi connectivity index (χ4v) is 3.26. The largest absolute Gasteiger partial charge is 0.493 e. The van der Waals surface area contributed by atoms with Gasteiger partial charge in [-0.2, -0.15) is 0 Å². The predicted octanol–water partition coefficient (Wildman–Crippen LogP) is 2.61. The van der Waals surface area contributed by atoms with Crippen LogP contribution in [-0.4, -0.2) is 58.7 Å². The zero-order valence-electron chi connectivity index (χ0n) is 18.4. The molecule has 166 valence electrons. The number of hydrogen-bond donors (Lipinski definition) is 1. The summed E-state index contributed by atoms with van der Waals surface area (Å²) in [6.07, 6.45) is 0. The predicted molar refractivity (Wildman–Crippen MR) is 118 cm³/mol. The Morgan fingerprint density at radius 1 is 1.00 bits per heavy atom. The molecule has 3 rings (SSSR count). The van der Waals surface area contributed by atoms with Gasteiger partial charge in [0, 0.05) is 26.8 Å². The number of aromatic nitrogens is 2. The van der Waals surface area contributed by atoms with Crippen LogP contribution in [0.3, 0.4) is 0 Å². The maximum atomic E-state index is 12.9. The lowest BCUT2D eigenvalue weighted by atomic mass is 10.2. The van der Waals surface area contributed by atoms with Crippen LogP contribution in [0.5, 0.6) is 23.0 Å². The van der Waals surface area contributed by atoms with Crippen molar-refractivity contribution in [2.75, 3.05) is 53.6 Å². The second kappa shape index (κ2) is 10.0. The van der Waals surface area contributed by atoms with E-state index in [0.717, 1.165) is 11.3 Å². The number of methoxy groups -OCH3 is 4. The normalized spacial score (nSPS) is 10.7. The third-order valence-corrected chi connectivity index (χ3v) is 4.72. The van der Waals surface area contributed by atoms with Gasteiger partial charge in [0.15, 0.2) is 11.5 Å². The Morgan fingerprint density at radius 3 is 2.45 bits per heavy atom. The van der Waals surface area contributed by atoms with Gasteiger partial charge in [-0.1, -0.05) is 12.1 Å². The van der Waals surface area contributed by atoms with Crippen LogP contribution >= 0.6 is 0 Å². The zero-order valence-corrected chi connectivity index (χ0v) is 18.4. The molecule has 1 heterocycles. The maximum Gasteiger partial charge on any atom is 0.264 e. The van der Waals surface area contributed by atoms with Crippen LogP contribution in [0.15, 0.2) is 35.1 Å². The van der Waals surface area contributed by atoms with E-state index < -0.39 is 0 Å². The molecule has 1 N–H and O–H groups in total. The highest BCUT2D eigenvalue weighted by Gasteiger charge is 2.20. The van der Waals surface area contributed by atoms with Crippen LogP contribution < -0.4 is 29.4 Å². The fourth-order valence-electron chi connectivity index (χ4n) is 3.26. The highest BCUT2D eigenvalue weighted by molar-refractivity contribution is 5.90. The Balaban J connectivity index is 1.92. The average molecular weight is 429 g/mol. The number of ether oxygens (including phenoxy) is 5. The Bertz CT molecular complexity index is 1100. The molecule has 0 saturated carbocycles. The molecule has 9 nitrogen and oxygen atoms in total. The van der Waals surface area contributed by atoms with Crippen molar-refractivity contribution in [2.24, 2.45) is 0 Å². The van der Waals surface area contributed by atoms with Gasteiger partial charge in [0.25, 0.3) is 5.56 Å². The molecular weight excluding hydrogens is 402 g/mol. The van der Waals surface area contributed by atoms with Crippen LogP contribution in [0, 0.1) is 0 Å². The lowest BCUT2D eigenvalue weighted by molar-refractivity contribution is 0.146. The smallest absolute Gasteiger partial charge is 0.264 e. The van der Waals surface area contributed by atoms with E-state index >= 15 is 0 Å². The molecule has 9 heteroatoms. The highest BCUT2D eigenvalue weighted by atomic mass is 16.5. The van der Waals surface area contributed by atoms with Crippen molar-refractivity contribution < 1.29 is 23.7 Å². The van der Waals surface area contributed by atoms with Crippen molar-refractivity contribution in [2.45, 2.75) is 6.54 Å². The Labute approximate surface area is 180 Å². The maximum absolute atomic E-state index is 12.9. The molecule has 0 saturated heterocycles. The number of rotatable bonds is 10. The summed E-state index contributed by atoms with van der Waals surface area (Å²) >= 11 is 0. The molecule has 0 aliphatic carbocycles. The van der Waals surface area contributed by atoms with Crippen LogP contribution in [0.4, 0.5) is 5.95 Å². The number of nitrogens with zero attached hydrogens (tertiary/aromatic N) is 2. The van der Waals surface area contributed by atoms with Crippen molar-refractivity contribution in [3.63, 3.8) is 0 Å². The van der Waals surface area contributed by atoms with E-state index in [1.165, 1.54) is 21.3 Å². The van der Waals surface area contributed by atoms with Gasteiger partial charge in [0.2, 0.25) is 11.7 Å². The average Bonchev–Trinajstić information content (AvgIpc) is 2.77.